The molecule has 27 heavy (non-hydrogen) atoms. The average molecular weight is 390 g/mol. The molecule has 0 fully saturated rings. The molecular formula is C22H12ClNO2S. The third-order valence-corrected chi connectivity index (χ3v) is 5.61. The number of pyridine rings is 1. The average Bonchev–Trinajstić information content (AvgIpc) is 3.23. The van der Waals surface area contributed by atoms with E-state index in [4.69, 9.17) is 16.0 Å². The first-order valence-electron chi connectivity index (χ1n) is 8.37. The van der Waals surface area contributed by atoms with Crippen molar-refractivity contribution in [3.05, 3.63) is 87.6 Å². The number of halogens is 1. The fourth-order valence-corrected chi connectivity index (χ4v) is 4.15. The molecule has 0 N–H and O–H groups in total. The van der Waals surface area contributed by atoms with Gasteiger partial charge in [0.25, 0.3) is 0 Å². The number of hydrogen-bond acceptors (Lipinski definition) is 4. The Morgan fingerprint density at radius 2 is 1.81 bits per heavy atom. The predicted octanol–water partition coefficient (Wildman–Crippen LogP) is 6.39. The molecule has 0 bridgehead atoms. The smallest absolute Gasteiger partial charge is 0.363 e. The molecule has 5 rings (SSSR count). The summed E-state index contributed by atoms with van der Waals surface area (Å²) in [6, 6.07) is 21.2. The van der Waals surface area contributed by atoms with Gasteiger partial charge in [0.1, 0.15) is 5.58 Å². The summed E-state index contributed by atoms with van der Waals surface area (Å²) in [7, 11) is 0. The molecule has 0 saturated carbocycles. The Balaban J connectivity index is 2.00. The van der Waals surface area contributed by atoms with Crippen LogP contribution < -0.4 is 5.63 Å². The summed E-state index contributed by atoms with van der Waals surface area (Å²) >= 11 is 7.82. The van der Waals surface area contributed by atoms with Crippen LogP contribution in [0, 0.1) is 0 Å². The lowest BCUT2D eigenvalue weighted by Crippen LogP contribution is -2.04. The minimum atomic E-state index is -0.449. The highest BCUT2D eigenvalue weighted by atomic mass is 35.5. The molecule has 0 unspecified atom stereocenters. The van der Waals surface area contributed by atoms with Crippen LogP contribution in [0.15, 0.2) is 81.3 Å². The molecule has 0 atom stereocenters. The van der Waals surface area contributed by atoms with Crippen molar-refractivity contribution in [1.82, 2.24) is 4.98 Å². The zero-order valence-electron chi connectivity index (χ0n) is 14.0. The van der Waals surface area contributed by atoms with Gasteiger partial charge in [-0.15, -0.1) is 11.3 Å². The number of aromatic nitrogens is 1. The largest absolute Gasteiger partial charge is 0.421 e. The van der Waals surface area contributed by atoms with Gasteiger partial charge in [0.15, 0.2) is 5.52 Å². The van der Waals surface area contributed by atoms with Crippen molar-refractivity contribution in [1.29, 1.82) is 0 Å². The second kappa shape index (κ2) is 6.34. The Morgan fingerprint density at radius 3 is 2.59 bits per heavy atom. The number of rotatable bonds is 2. The van der Waals surface area contributed by atoms with E-state index in [-0.39, 0.29) is 0 Å². The monoisotopic (exact) mass is 389 g/mol. The van der Waals surface area contributed by atoms with E-state index >= 15 is 0 Å². The van der Waals surface area contributed by atoms with Crippen LogP contribution in [0.25, 0.3) is 43.6 Å². The molecule has 5 heteroatoms. The van der Waals surface area contributed by atoms with E-state index in [1.165, 1.54) is 0 Å². The van der Waals surface area contributed by atoms with Gasteiger partial charge in [-0.05, 0) is 46.8 Å². The van der Waals surface area contributed by atoms with Crippen LogP contribution in [0.5, 0.6) is 0 Å². The van der Waals surface area contributed by atoms with E-state index in [1.54, 1.807) is 23.5 Å². The van der Waals surface area contributed by atoms with E-state index in [1.807, 2.05) is 60.0 Å². The summed E-state index contributed by atoms with van der Waals surface area (Å²) in [5, 5.41) is 4.11. The maximum Gasteiger partial charge on any atom is 0.363 e. The summed E-state index contributed by atoms with van der Waals surface area (Å²) in [5.41, 5.74) is 3.06. The van der Waals surface area contributed by atoms with Crippen LogP contribution in [0.1, 0.15) is 0 Å². The van der Waals surface area contributed by atoms with E-state index in [9.17, 15) is 4.79 Å². The summed E-state index contributed by atoms with van der Waals surface area (Å²) in [6.07, 6.45) is 0. The SMILES string of the molecule is O=c1oc2ccc(Cl)cc2c2c(-c3ccccc3)cc(-c3cccs3)nc12. The van der Waals surface area contributed by atoms with Gasteiger partial charge in [-0.3, -0.25) is 0 Å². The van der Waals surface area contributed by atoms with Gasteiger partial charge in [0.05, 0.1) is 10.6 Å². The molecule has 5 aromatic rings. The normalized spacial score (nSPS) is 11.3. The summed E-state index contributed by atoms with van der Waals surface area (Å²) in [6.45, 7) is 0. The molecule has 0 aliphatic rings. The van der Waals surface area contributed by atoms with Gasteiger partial charge in [0.2, 0.25) is 0 Å². The molecule has 3 nitrogen and oxygen atoms in total. The van der Waals surface area contributed by atoms with Crippen LogP contribution in [0.3, 0.4) is 0 Å². The highest BCUT2D eigenvalue weighted by Crippen LogP contribution is 2.36. The second-order valence-electron chi connectivity index (χ2n) is 6.15. The molecule has 0 radical (unpaired) electrons. The highest BCUT2D eigenvalue weighted by molar-refractivity contribution is 7.13. The van der Waals surface area contributed by atoms with E-state index in [0.717, 1.165) is 32.5 Å². The fraction of sp³-hybridized carbons (Fsp3) is 0. The lowest BCUT2D eigenvalue weighted by atomic mass is 9.98. The fourth-order valence-electron chi connectivity index (χ4n) is 3.30. The topological polar surface area (TPSA) is 43.1 Å². The number of benzene rings is 2. The van der Waals surface area contributed by atoms with Gasteiger partial charge in [-0.25, -0.2) is 9.78 Å². The van der Waals surface area contributed by atoms with E-state index in [2.05, 4.69) is 4.98 Å². The van der Waals surface area contributed by atoms with Gasteiger partial charge in [0, 0.05) is 15.8 Å². The van der Waals surface area contributed by atoms with Gasteiger partial charge < -0.3 is 4.42 Å². The molecule has 0 saturated heterocycles. The molecule has 130 valence electrons. The third-order valence-electron chi connectivity index (χ3n) is 4.48. The zero-order chi connectivity index (χ0) is 18.4. The quantitative estimate of drug-likeness (QED) is 0.259. The first kappa shape index (κ1) is 16.2. The minimum absolute atomic E-state index is 0.314. The van der Waals surface area contributed by atoms with E-state index < -0.39 is 5.63 Å². The Bertz CT molecular complexity index is 1340. The van der Waals surface area contributed by atoms with Crippen molar-refractivity contribution in [2.24, 2.45) is 0 Å². The molecule has 3 heterocycles. The van der Waals surface area contributed by atoms with Crippen LogP contribution in [0.4, 0.5) is 0 Å². The lowest BCUT2D eigenvalue weighted by molar-refractivity contribution is 0.568. The predicted molar refractivity (Wildman–Crippen MR) is 112 cm³/mol. The number of fused-ring (bicyclic) bond motifs is 3. The molecule has 2 aromatic carbocycles. The van der Waals surface area contributed by atoms with Crippen LogP contribution in [-0.2, 0) is 0 Å². The number of hydrogen-bond donors (Lipinski definition) is 0. The van der Waals surface area contributed by atoms with Gasteiger partial charge in [-0.1, -0.05) is 48.0 Å². The van der Waals surface area contributed by atoms with E-state index in [0.29, 0.717) is 16.1 Å². The number of thiophene rings is 1. The summed E-state index contributed by atoms with van der Waals surface area (Å²) in [4.78, 5) is 18.4. The zero-order valence-corrected chi connectivity index (χ0v) is 15.6. The summed E-state index contributed by atoms with van der Waals surface area (Å²) < 4.78 is 5.52. The van der Waals surface area contributed by atoms with Crippen LogP contribution in [-0.4, -0.2) is 4.98 Å². The molecule has 0 aliphatic carbocycles. The maximum absolute atomic E-state index is 12.7. The third kappa shape index (κ3) is 2.74. The van der Waals surface area contributed by atoms with Crippen LogP contribution in [0.2, 0.25) is 5.02 Å². The van der Waals surface area contributed by atoms with Crippen molar-refractivity contribution in [3.63, 3.8) is 0 Å². The van der Waals surface area contributed by atoms with Crippen molar-refractivity contribution in [3.8, 4) is 21.7 Å². The maximum atomic E-state index is 12.7. The van der Waals surface area contributed by atoms with Crippen molar-refractivity contribution >= 4 is 44.8 Å². The Hall–Kier alpha value is -2.95. The molecule has 3 aromatic heterocycles. The minimum Gasteiger partial charge on any atom is -0.421 e. The Kier molecular flexibility index (Phi) is 3.81. The first-order valence-corrected chi connectivity index (χ1v) is 9.63. The Morgan fingerprint density at radius 1 is 0.963 bits per heavy atom. The van der Waals surface area contributed by atoms with Crippen molar-refractivity contribution in [2.75, 3.05) is 0 Å². The van der Waals surface area contributed by atoms with Gasteiger partial charge in [-0.2, -0.15) is 0 Å². The number of nitrogens with zero attached hydrogens (tertiary/aromatic N) is 1. The summed E-state index contributed by atoms with van der Waals surface area (Å²) in [5.74, 6) is 0. The van der Waals surface area contributed by atoms with Crippen LogP contribution >= 0.6 is 22.9 Å². The van der Waals surface area contributed by atoms with Crippen molar-refractivity contribution < 1.29 is 4.42 Å². The molecular weight excluding hydrogens is 378 g/mol. The lowest BCUT2D eigenvalue weighted by Gasteiger charge is -2.11. The van der Waals surface area contributed by atoms with Crippen molar-refractivity contribution in [2.45, 2.75) is 0 Å². The molecule has 0 spiro atoms. The Labute approximate surface area is 163 Å². The molecule has 0 aliphatic heterocycles. The standard InChI is InChI=1S/C22H12ClNO2S/c23-14-8-9-18-16(11-14)20-15(13-5-2-1-3-6-13)12-17(19-7-4-10-27-19)24-21(20)22(25)26-18/h1-12H. The second-order valence-corrected chi connectivity index (χ2v) is 7.54. The van der Waals surface area contributed by atoms with Gasteiger partial charge >= 0.3 is 5.63 Å². The first-order chi connectivity index (χ1) is 13.2. The highest BCUT2D eigenvalue weighted by Gasteiger charge is 2.17. The molecule has 0 amide bonds.